The molecule has 2 aliphatic heterocycles. The molecule has 3 amide bonds. The summed E-state index contributed by atoms with van der Waals surface area (Å²) >= 11 is 0. The van der Waals surface area contributed by atoms with Gasteiger partial charge in [-0.15, -0.1) is 0 Å². The molecule has 4 rings (SSSR count). The number of benzene rings is 2. The van der Waals surface area contributed by atoms with E-state index < -0.39 is 10.5 Å². The van der Waals surface area contributed by atoms with Crippen LogP contribution in [-0.2, 0) is 6.54 Å². The molecule has 0 saturated carbocycles. The topological polar surface area (TPSA) is 105 Å². The van der Waals surface area contributed by atoms with Crippen molar-refractivity contribution >= 4 is 23.3 Å². The molecule has 9 nitrogen and oxygen atoms in total. The molecule has 33 heavy (non-hydrogen) atoms. The number of carbonyl (C=O) groups is 2. The SMILES string of the molecule is CCNC(=O)N(C)C1=C(N2Cc3ccccc3C2=O)c2c(ccc([N+](=O)[O-])c2C)OC1(C)C. The van der Waals surface area contributed by atoms with Crippen LogP contribution in [0.3, 0.4) is 0 Å². The van der Waals surface area contributed by atoms with E-state index in [9.17, 15) is 19.7 Å². The Hall–Kier alpha value is -3.88. The lowest BCUT2D eigenvalue weighted by Crippen LogP contribution is -2.49. The molecule has 0 unspecified atom stereocenters. The number of nitrogens with one attached hydrogen (secondary N) is 1. The van der Waals surface area contributed by atoms with E-state index in [4.69, 9.17) is 4.74 Å². The van der Waals surface area contributed by atoms with Gasteiger partial charge in [0.1, 0.15) is 11.4 Å². The highest BCUT2D eigenvalue weighted by atomic mass is 16.6. The molecule has 0 aromatic heterocycles. The monoisotopic (exact) mass is 450 g/mol. The molecule has 2 aromatic rings. The van der Waals surface area contributed by atoms with Crippen LogP contribution in [0.4, 0.5) is 10.5 Å². The Morgan fingerprint density at radius 2 is 1.97 bits per heavy atom. The molecule has 0 saturated heterocycles. The highest BCUT2D eigenvalue weighted by Gasteiger charge is 2.45. The molecule has 172 valence electrons. The van der Waals surface area contributed by atoms with Crippen LogP contribution in [0.1, 0.15) is 47.8 Å². The fourth-order valence-electron chi connectivity index (χ4n) is 4.61. The third kappa shape index (κ3) is 3.49. The van der Waals surface area contributed by atoms with Gasteiger partial charge in [0.15, 0.2) is 0 Å². The number of amides is 3. The predicted molar refractivity (Wildman–Crippen MR) is 123 cm³/mol. The van der Waals surface area contributed by atoms with Crippen LogP contribution in [0, 0.1) is 17.0 Å². The number of rotatable bonds is 4. The lowest BCUT2D eigenvalue weighted by molar-refractivity contribution is -0.385. The van der Waals surface area contributed by atoms with Crippen LogP contribution < -0.4 is 10.1 Å². The van der Waals surface area contributed by atoms with E-state index >= 15 is 0 Å². The minimum Gasteiger partial charge on any atom is -0.481 e. The normalized spacial score (nSPS) is 16.2. The van der Waals surface area contributed by atoms with Crippen molar-refractivity contribution in [2.45, 2.75) is 39.8 Å². The minimum absolute atomic E-state index is 0.0845. The van der Waals surface area contributed by atoms with Crippen LogP contribution in [0.15, 0.2) is 42.1 Å². The quantitative estimate of drug-likeness (QED) is 0.559. The van der Waals surface area contributed by atoms with Gasteiger partial charge >= 0.3 is 6.03 Å². The number of carbonyl (C=O) groups excluding carboxylic acids is 2. The molecule has 1 N–H and O–H groups in total. The second kappa shape index (κ2) is 7.91. The number of nitrogens with zero attached hydrogens (tertiary/aromatic N) is 3. The Morgan fingerprint density at radius 3 is 2.61 bits per heavy atom. The first-order valence-corrected chi connectivity index (χ1v) is 10.7. The van der Waals surface area contributed by atoms with Gasteiger partial charge in [0.25, 0.3) is 11.6 Å². The minimum atomic E-state index is -1.00. The zero-order valence-corrected chi connectivity index (χ0v) is 19.3. The van der Waals surface area contributed by atoms with Gasteiger partial charge in [-0.1, -0.05) is 18.2 Å². The van der Waals surface area contributed by atoms with E-state index in [1.807, 2.05) is 32.9 Å². The van der Waals surface area contributed by atoms with Gasteiger partial charge in [-0.3, -0.25) is 19.8 Å². The summed E-state index contributed by atoms with van der Waals surface area (Å²) in [5.74, 6) is 0.201. The van der Waals surface area contributed by atoms with Crippen LogP contribution >= 0.6 is 0 Å². The van der Waals surface area contributed by atoms with Crippen LogP contribution in [0.2, 0.25) is 0 Å². The van der Waals surface area contributed by atoms with Crippen molar-refractivity contribution in [3.05, 3.63) is 74.5 Å². The number of fused-ring (bicyclic) bond motifs is 2. The highest BCUT2D eigenvalue weighted by Crippen LogP contribution is 2.48. The van der Waals surface area contributed by atoms with Crippen molar-refractivity contribution in [3.63, 3.8) is 0 Å². The summed E-state index contributed by atoms with van der Waals surface area (Å²) in [4.78, 5) is 40.7. The molecule has 0 radical (unpaired) electrons. The smallest absolute Gasteiger partial charge is 0.321 e. The Bertz CT molecular complexity index is 1220. The molecule has 0 atom stereocenters. The highest BCUT2D eigenvalue weighted by molar-refractivity contribution is 6.05. The second-order valence-electron chi connectivity index (χ2n) is 8.59. The molecule has 0 aliphatic carbocycles. The van der Waals surface area contributed by atoms with E-state index in [2.05, 4.69) is 5.32 Å². The summed E-state index contributed by atoms with van der Waals surface area (Å²) in [6.45, 7) is 7.77. The summed E-state index contributed by atoms with van der Waals surface area (Å²) in [6, 6.07) is 9.90. The lowest BCUT2D eigenvalue weighted by atomic mass is 9.90. The molecule has 2 aromatic carbocycles. The molecule has 0 bridgehead atoms. The fourth-order valence-corrected chi connectivity index (χ4v) is 4.61. The van der Waals surface area contributed by atoms with Gasteiger partial charge in [-0.25, -0.2) is 4.79 Å². The van der Waals surface area contributed by atoms with Crippen molar-refractivity contribution in [1.29, 1.82) is 0 Å². The van der Waals surface area contributed by atoms with Gasteiger partial charge < -0.3 is 15.0 Å². The zero-order valence-electron chi connectivity index (χ0n) is 19.3. The largest absolute Gasteiger partial charge is 0.481 e. The first kappa shape index (κ1) is 22.3. The number of nitro groups is 1. The number of nitro benzene ring substituents is 1. The van der Waals surface area contributed by atoms with Crippen molar-refractivity contribution in [1.82, 2.24) is 15.1 Å². The number of hydrogen-bond donors (Lipinski definition) is 1. The van der Waals surface area contributed by atoms with E-state index in [1.54, 1.807) is 37.1 Å². The molecule has 2 heterocycles. The summed E-state index contributed by atoms with van der Waals surface area (Å²) in [6.07, 6.45) is 0. The fraction of sp³-hybridized carbons (Fsp3) is 0.333. The van der Waals surface area contributed by atoms with Crippen molar-refractivity contribution in [2.24, 2.45) is 0 Å². The van der Waals surface area contributed by atoms with Gasteiger partial charge in [-0.2, -0.15) is 0 Å². The summed E-state index contributed by atoms with van der Waals surface area (Å²) in [7, 11) is 1.61. The Morgan fingerprint density at radius 1 is 1.27 bits per heavy atom. The van der Waals surface area contributed by atoms with E-state index in [1.165, 1.54) is 11.0 Å². The summed E-state index contributed by atoms with van der Waals surface area (Å²) in [5, 5.41) is 14.5. The zero-order chi connectivity index (χ0) is 24.1. The number of hydrogen-bond acceptors (Lipinski definition) is 5. The average molecular weight is 450 g/mol. The number of urea groups is 1. The maximum absolute atomic E-state index is 13.5. The van der Waals surface area contributed by atoms with Crippen molar-refractivity contribution in [3.8, 4) is 5.75 Å². The number of likely N-dealkylation sites (N-methyl/N-ethyl adjacent to an activating group) is 1. The molecular formula is C24H26N4O5. The molecular weight excluding hydrogens is 424 g/mol. The van der Waals surface area contributed by atoms with Crippen molar-refractivity contribution in [2.75, 3.05) is 13.6 Å². The Labute approximate surface area is 191 Å². The third-order valence-electron chi connectivity index (χ3n) is 6.05. The van der Waals surface area contributed by atoms with Crippen LogP contribution in [0.25, 0.3) is 5.70 Å². The first-order chi connectivity index (χ1) is 15.6. The van der Waals surface area contributed by atoms with E-state index in [0.29, 0.717) is 40.4 Å². The first-order valence-electron chi connectivity index (χ1n) is 10.7. The maximum Gasteiger partial charge on any atom is 0.321 e. The molecule has 0 fully saturated rings. The lowest BCUT2D eigenvalue weighted by Gasteiger charge is -2.42. The number of ether oxygens (including phenoxy) is 1. The predicted octanol–water partition coefficient (Wildman–Crippen LogP) is 4.06. The van der Waals surface area contributed by atoms with Crippen molar-refractivity contribution < 1.29 is 19.2 Å². The maximum atomic E-state index is 13.5. The summed E-state index contributed by atoms with van der Waals surface area (Å²) in [5.41, 5.74) is 2.04. The molecule has 2 aliphatic rings. The second-order valence-corrected chi connectivity index (χ2v) is 8.59. The molecule has 0 spiro atoms. The Balaban J connectivity index is 2.03. The third-order valence-corrected chi connectivity index (χ3v) is 6.05. The van der Waals surface area contributed by atoms with Crippen LogP contribution in [-0.4, -0.2) is 45.9 Å². The van der Waals surface area contributed by atoms with Gasteiger partial charge in [0, 0.05) is 30.8 Å². The standard InChI is InChI=1S/C24H26N4O5/c1-6-25-23(30)26(5)21-20(27-13-15-9-7-8-10-16(15)22(27)29)19-14(2)17(28(31)32)11-12-18(19)33-24(21,3)4/h7-12H,6,13H2,1-5H3,(H,25,30). The Kier molecular flexibility index (Phi) is 5.35. The van der Waals surface area contributed by atoms with Gasteiger partial charge in [0.2, 0.25) is 0 Å². The molecule has 9 heteroatoms. The average Bonchev–Trinajstić information content (AvgIpc) is 3.08. The summed E-state index contributed by atoms with van der Waals surface area (Å²) < 4.78 is 6.26. The van der Waals surface area contributed by atoms with Gasteiger partial charge in [-0.05, 0) is 45.4 Å². The van der Waals surface area contributed by atoms with E-state index in [-0.39, 0.29) is 24.2 Å². The van der Waals surface area contributed by atoms with Gasteiger partial charge in [0.05, 0.1) is 28.4 Å². The van der Waals surface area contributed by atoms with Crippen LogP contribution in [0.5, 0.6) is 5.75 Å². The van der Waals surface area contributed by atoms with E-state index in [0.717, 1.165) is 5.56 Å².